The van der Waals surface area contributed by atoms with E-state index in [1.807, 2.05) is 0 Å². The van der Waals surface area contributed by atoms with E-state index >= 15 is 0 Å². The first-order chi connectivity index (χ1) is 18.3. The highest BCUT2D eigenvalue weighted by atomic mass is 16.5. The molecule has 1 aromatic heterocycles. The van der Waals surface area contributed by atoms with E-state index < -0.39 is 11.5 Å². The Bertz CT molecular complexity index is 1340. The number of fused-ring (bicyclic) bond motifs is 1. The van der Waals surface area contributed by atoms with Gasteiger partial charge in [0.2, 0.25) is 11.7 Å². The van der Waals surface area contributed by atoms with Crippen LogP contribution in [0.15, 0.2) is 41.2 Å². The molecule has 3 aromatic rings. The van der Waals surface area contributed by atoms with Crippen LogP contribution in [0.25, 0.3) is 17.0 Å². The maximum atomic E-state index is 12.9. The van der Waals surface area contributed by atoms with Gasteiger partial charge in [0.05, 0.1) is 32.0 Å². The molecular weight excluding hydrogens is 488 g/mol. The number of anilines is 1. The molecule has 204 valence electrons. The van der Waals surface area contributed by atoms with Crippen LogP contribution in [-0.4, -0.2) is 41.5 Å². The molecule has 0 spiro atoms. The van der Waals surface area contributed by atoms with Gasteiger partial charge in [0.15, 0.2) is 17.2 Å². The van der Waals surface area contributed by atoms with E-state index in [4.69, 9.17) is 14.2 Å². The number of pyridine rings is 1. The number of aromatic nitrogens is 1. The molecule has 9 heteroatoms. The van der Waals surface area contributed by atoms with Gasteiger partial charge in [-0.05, 0) is 42.3 Å². The lowest BCUT2D eigenvalue weighted by Crippen LogP contribution is -2.17. The number of hydrogen-bond donors (Lipinski definition) is 3. The minimum Gasteiger partial charge on any atom is -0.507 e. The minimum atomic E-state index is -0.440. The van der Waals surface area contributed by atoms with E-state index in [1.165, 1.54) is 44.1 Å². The molecule has 38 heavy (non-hydrogen) atoms. The van der Waals surface area contributed by atoms with Crippen LogP contribution in [0.4, 0.5) is 5.69 Å². The van der Waals surface area contributed by atoms with Gasteiger partial charge in [-0.15, -0.1) is 0 Å². The number of unbranched alkanes of at least 4 members (excludes halogenated alkanes) is 5. The largest absolute Gasteiger partial charge is 0.507 e. The summed E-state index contributed by atoms with van der Waals surface area (Å²) >= 11 is 0. The smallest absolute Gasteiger partial charge is 0.254 e. The third-order valence-corrected chi connectivity index (χ3v) is 6.27. The third-order valence-electron chi connectivity index (χ3n) is 6.27. The summed E-state index contributed by atoms with van der Waals surface area (Å²) in [6, 6.07) is 7.58. The molecule has 0 aliphatic heterocycles. The van der Waals surface area contributed by atoms with Gasteiger partial charge in [-0.1, -0.05) is 39.0 Å². The summed E-state index contributed by atoms with van der Waals surface area (Å²) in [5.74, 6) is 0.0237. The molecule has 0 bridgehead atoms. The Balaban J connectivity index is 1.87. The van der Waals surface area contributed by atoms with Crippen LogP contribution in [0.2, 0.25) is 0 Å². The number of amides is 1. The Kier molecular flexibility index (Phi) is 10.0. The van der Waals surface area contributed by atoms with Gasteiger partial charge in [0, 0.05) is 24.6 Å². The third kappa shape index (κ3) is 6.79. The second-order valence-corrected chi connectivity index (χ2v) is 8.98. The van der Waals surface area contributed by atoms with Crippen molar-refractivity contribution >= 4 is 28.6 Å². The molecule has 0 saturated heterocycles. The zero-order valence-electron chi connectivity index (χ0n) is 22.4. The molecule has 0 aliphatic carbocycles. The van der Waals surface area contributed by atoms with Gasteiger partial charge >= 0.3 is 0 Å². The van der Waals surface area contributed by atoms with E-state index in [9.17, 15) is 19.8 Å². The van der Waals surface area contributed by atoms with Crippen molar-refractivity contribution in [3.63, 3.8) is 0 Å². The van der Waals surface area contributed by atoms with Crippen LogP contribution in [0, 0.1) is 0 Å². The molecule has 0 aliphatic rings. The number of benzene rings is 2. The molecule has 3 N–H and O–H groups in total. The van der Waals surface area contributed by atoms with E-state index in [1.54, 1.807) is 37.4 Å². The Labute approximate surface area is 222 Å². The molecular formula is C29H36N2O7. The standard InChI is InChI=1S/C29H36N2O7/c1-5-6-7-8-9-10-15-38-29-21(13-12-20-22(32)18-26(34)31(2)27(20)29)30-25(33)14-11-19-16-23(36-3)28(35)24(17-19)37-4/h11-14,16-18,32,35H,5-10,15H2,1-4H3,(H,30,33)/b14-11+. The number of carbonyl (C=O) groups excluding carboxylic acids is 1. The van der Waals surface area contributed by atoms with Crippen molar-refractivity contribution in [2.75, 3.05) is 26.1 Å². The molecule has 9 nitrogen and oxygen atoms in total. The SMILES string of the molecule is CCCCCCCCOc1c(NC(=O)/C=C/c2cc(OC)c(O)c(OC)c2)ccc2c(O)cc(=O)n(C)c12. The summed E-state index contributed by atoms with van der Waals surface area (Å²) in [6.07, 6.45) is 9.40. The second kappa shape index (κ2) is 13.4. The molecule has 0 atom stereocenters. The topological polar surface area (TPSA) is 119 Å². The summed E-state index contributed by atoms with van der Waals surface area (Å²) in [7, 11) is 4.44. The van der Waals surface area contributed by atoms with Crippen LogP contribution in [-0.2, 0) is 11.8 Å². The fourth-order valence-electron chi connectivity index (χ4n) is 4.17. The van der Waals surface area contributed by atoms with Gasteiger partial charge < -0.3 is 34.3 Å². The van der Waals surface area contributed by atoms with Crippen LogP contribution in [0.3, 0.4) is 0 Å². The average Bonchev–Trinajstić information content (AvgIpc) is 2.91. The highest BCUT2D eigenvalue weighted by Crippen LogP contribution is 2.38. The summed E-state index contributed by atoms with van der Waals surface area (Å²) in [6.45, 7) is 2.58. The Hall–Kier alpha value is -4.14. The molecule has 1 heterocycles. The predicted molar refractivity (Wildman–Crippen MR) is 149 cm³/mol. The maximum absolute atomic E-state index is 12.9. The number of aryl methyl sites for hydroxylation is 1. The van der Waals surface area contributed by atoms with Crippen molar-refractivity contribution in [3.05, 3.63) is 52.3 Å². The Morgan fingerprint density at radius 1 is 1.00 bits per heavy atom. The van der Waals surface area contributed by atoms with E-state index in [2.05, 4.69) is 12.2 Å². The Morgan fingerprint density at radius 2 is 1.66 bits per heavy atom. The molecule has 3 rings (SSSR count). The quantitative estimate of drug-likeness (QED) is 0.203. The first-order valence-corrected chi connectivity index (χ1v) is 12.7. The number of carbonyl (C=O) groups is 1. The number of nitrogens with zero attached hydrogens (tertiary/aromatic N) is 1. The number of ether oxygens (including phenoxy) is 3. The number of methoxy groups -OCH3 is 2. The molecule has 0 radical (unpaired) electrons. The van der Waals surface area contributed by atoms with E-state index in [-0.39, 0.29) is 23.0 Å². The van der Waals surface area contributed by atoms with Crippen molar-refractivity contribution in [2.45, 2.75) is 45.4 Å². The van der Waals surface area contributed by atoms with Crippen molar-refractivity contribution in [1.29, 1.82) is 0 Å². The van der Waals surface area contributed by atoms with Crippen LogP contribution < -0.4 is 25.1 Å². The van der Waals surface area contributed by atoms with Crippen LogP contribution in [0.1, 0.15) is 51.0 Å². The lowest BCUT2D eigenvalue weighted by Gasteiger charge is -2.17. The number of rotatable bonds is 13. The summed E-state index contributed by atoms with van der Waals surface area (Å²) in [5, 5.41) is 23.7. The molecule has 0 saturated carbocycles. The number of phenols is 1. The number of phenolic OH excluding ortho intramolecular Hbond substituents is 1. The van der Waals surface area contributed by atoms with Crippen molar-refractivity contribution in [2.24, 2.45) is 7.05 Å². The Morgan fingerprint density at radius 3 is 2.32 bits per heavy atom. The zero-order chi connectivity index (χ0) is 27.7. The van der Waals surface area contributed by atoms with E-state index in [0.717, 1.165) is 25.3 Å². The normalized spacial score (nSPS) is 11.2. The van der Waals surface area contributed by atoms with Crippen molar-refractivity contribution < 1.29 is 29.2 Å². The molecule has 0 unspecified atom stereocenters. The van der Waals surface area contributed by atoms with Crippen LogP contribution >= 0.6 is 0 Å². The average molecular weight is 525 g/mol. The maximum Gasteiger partial charge on any atom is 0.254 e. The summed E-state index contributed by atoms with van der Waals surface area (Å²) in [4.78, 5) is 25.3. The lowest BCUT2D eigenvalue weighted by molar-refractivity contribution is -0.111. The molecule has 0 fully saturated rings. The minimum absolute atomic E-state index is 0.131. The second-order valence-electron chi connectivity index (χ2n) is 8.98. The first kappa shape index (κ1) is 28.4. The van der Waals surface area contributed by atoms with Crippen LogP contribution in [0.5, 0.6) is 28.7 Å². The van der Waals surface area contributed by atoms with Gasteiger partial charge in [-0.3, -0.25) is 9.59 Å². The summed E-state index contributed by atoms with van der Waals surface area (Å²) in [5.41, 5.74) is 0.963. The molecule has 1 amide bonds. The fraction of sp³-hybridized carbons (Fsp3) is 0.379. The van der Waals surface area contributed by atoms with Crippen molar-refractivity contribution in [1.82, 2.24) is 4.57 Å². The van der Waals surface area contributed by atoms with Gasteiger partial charge in [0.25, 0.3) is 5.56 Å². The predicted octanol–water partition coefficient (Wildman–Crippen LogP) is 5.36. The first-order valence-electron chi connectivity index (χ1n) is 12.7. The number of hydrogen-bond acceptors (Lipinski definition) is 7. The van der Waals surface area contributed by atoms with Gasteiger partial charge in [-0.25, -0.2) is 0 Å². The number of aromatic hydroxyl groups is 2. The van der Waals surface area contributed by atoms with Gasteiger partial charge in [-0.2, -0.15) is 0 Å². The highest BCUT2D eigenvalue weighted by Gasteiger charge is 2.17. The lowest BCUT2D eigenvalue weighted by atomic mass is 10.1. The summed E-state index contributed by atoms with van der Waals surface area (Å²) < 4.78 is 17.8. The molecule has 2 aromatic carbocycles. The van der Waals surface area contributed by atoms with Crippen molar-refractivity contribution in [3.8, 4) is 28.7 Å². The zero-order valence-corrected chi connectivity index (χ0v) is 22.4. The monoisotopic (exact) mass is 524 g/mol. The van der Waals surface area contributed by atoms with E-state index in [0.29, 0.717) is 34.5 Å². The fourth-order valence-corrected chi connectivity index (χ4v) is 4.17. The van der Waals surface area contributed by atoms with Gasteiger partial charge in [0.1, 0.15) is 5.75 Å². The highest BCUT2D eigenvalue weighted by molar-refractivity contribution is 6.05. The number of nitrogens with one attached hydrogen (secondary N) is 1.